The van der Waals surface area contributed by atoms with Crippen molar-refractivity contribution in [1.29, 1.82) is 0 Å². The summed E-state index contributed by atoms with van der Waals surface area (Å²) in [6.45, 7) is 3.71. The zero-order valence-corrected chi connectivity index (χ0v) is 11.0. The molecule has 0 bridgehead atoms. The molecule has 5 heteroatoms. The maximum atomic E-state index is 9.74. The predicted molar refractivity (Wildman–Crippen MR) is 74.0 cm³/mol. The van der Waals surface area contributed by atoms with Crippen molar-refractivity contribution in [2.45, 2.75) is 25.9 Å². The van der Waals surface area contributed by atoms with Crippen molar-refractivity contribution in [3.05, 3.63) is 24.5 Å². The van der Waals surface area contributed by atoms with Crippen LogP contribution >= 0.6 is 0 Å². The summed E-state index contributed by atoms with van der Waals surface area (Å²) in [4.78, 5) is 15.3. The third kappa shape index (κ3) is 2.51. The van der Waals surface area contributed by atoms with Crippen molar-refractivity contribution < 1.29 is 5.11 Å². The first-order valence-corrected chi connectivity index (χ1v) is 6.75. The number of anilines is 1. The summed E-state index contributed by atoms with van der Waals surface area (Å²) in [5.41, 5.74) is 1.49. The van der Waals surface area contributed by atoms with Gasteiger partial charge in [0.15, 0.2) is 5.65 Å². The molecule has 0 aliphatic carbocycles. The Labute approximate surface area is 112 Å². The molecule has 3 rings (SSSR count). The van der Waals surface area contributed by atoms with E-state index in [4.69, 9.17) is 0 Å². The van der Waals surface area contributed by atoms with Crippen LogP contribution in [0.1, 0.15) is 19.8 Å². The maximum absolute atomic E-state index is 9.74. The van der Waals surface area contributed by atoms with Gasteiger partial charge in [-0.2, -0.15) is 0 Å². The van der Waals surface area contributed by atoms with Gasteiger partial charge < -0.3 is 10.0 Å². The smallest absolute Gasteiger partial charge is 0.180 e. The third-order valence-corrected chi connectivity index (χ3v) is 3.78. The average Bonchev–Trinajstić information content (AvgIpc) is 2.47. The van der Waals surface area contributed by atoms with Crippen molar-refractivity contribution in [3.63, 3.8) is 0 Å². The molecule has 2 atom stereocenters. The number of piperidine rings is 1. The fourth-order valence-corrected chi connectivity index (χ4v) is 2.63. The van der Waals surface area contributed by atoms with Gasteiger partial charge in [-0.1, -0.05) is 0 Å². The lowest BCUT2D eigenvalue weighted by atomic mass is 9.93. The van der Waals surface area contributed by atoms with Gasteiger partial charge in [-0.15, -0.1) is 0 Å². The zero-order chi connectivity index (χ0) is 13.2. The lowest BCUT2D eigenvalue weighted by Crippen LogP contribution is -2.39. The molecular formula is C14H18N4O. The van der Waals surface area contributed by atoms with Crippen molar-refractivity contribution in [3.8, 4) is 0 Å². The van der Waals surface area contributed by atoms with Crippen molar-refractivity contribution in [1.82, 2.24) is 15.0 Å². The van der Waals surface area contributed by atoms with Crippen LogP contribution in [0.4, 0.5) is 5.82 Å². The van der Waals surface area contributed by atoms with Gasteiger partial charge in [0.1, 0.15) is 11.3 Å². The highest BCUT2D eigenvalue weighted by molar-refractivity contribution is 5.71. The average molecular weight is 258 g/mol. The predicted octanol–water partition coefficient (Wildman–Crippen LogP) is 1.62. The highest BCUT2D eigenvalue weighted by Crippen LogP contribution is 2.24. The third-order valence-electron chi connectivity index (χ3n) is 3.78. The number of aliphatic hydroxyl groups excluding tert-OH is 1. The molecule has 0 saturated carbocycles. The van der Waals surface area contributed by atoms with E-state index in [0.717, 1.165) is 37.3 Å². The summed E-state index contributed by atoms with van der Waals surface area (Å²) in [5.74, 6) is 1.26. The van der Waals surface area contributed by atoms with Crippen LogP contribution in [0.5, 0.6) is 0 Å². The lowest BCUT2D eigenvalue weighted by molar-refractivity contribution is 0.115. The molecule has 3 heterocycles. The molecule has 2 aromatic heterocycles. The van der Waals surface area contributed by atoms with E-state index in [2.05, 4.69) is 19.9 Å². The molecular weight excluding hydrogens is 240 g/mol. The van der Waals surface area contributed by atoms with Crippen LogP contribution in [-0.2, 0) is 0 Å². The van der Waals surface area contributed by atoms with Crippen LogP contribution in [0.15, 0.2) is 24.5 Å². The SMILES string of the molecule is CC(O)C1CCCN(c2ccc3nccnc3n2)C1. The molecule has 2 unspecified atom stereocenters. The second kappa shape index (κ2) is 5.09. The van der Waals surface area contributed by atoms with E-state index in [1.807, 2.05) is 19.1 Å². The molecule has 5 nitrogen and oxygen atoms in total. The van der Waals surface area contributed by atoms with Crippen LogP contribution in [-0.4, -0.2) is 39.3 Å². The molecule has 0 spiro atoms. The largest absolute Gasteiger partial charge is 0.393 e. The molecule has 1 aliphatic rings. The second-order valence-electron chi connectivity index (χ2n) is 5.16. The first-order valence-electron chi connectivity index (χ1n) is 6.75. The molecule has 1 fully saturated rings. The molecule has 1 saturated heterocycles. The van der Waals surface area contributed by atoms with Crippen molar-refractivity contribution >= 4 is 17.0 Å². The summed E-state index contributed by atoms with van der Waals surface area (Å²) in [6, 6.07) is 3.94. The molecule has 2 aromatic rings. The van der Waals surface area contributed by atoms with Crippen molar-refractivity contribution in [2.24, 2.45) is 5.92 Å². The number of nitrogens with zero attached hydrogens (tertiary/aromatic N) is 4. The highest BCUT2D eigenvalue weighted by atomic mass is 16.3. The Kier molecular flexibility index (Phi) is 3.29. The number of pyridine rings is 1. The van der Waals surface area contributed by atoms with Crippen LogP contribution in [0.3, 0.4) is 0 Å². The van der Waals surface area contributed by atoms with Gasteiger partial charge in [0.25, 0.3) is 0 Å². The fourth-order valence-electron chi connectivity index (χ4n) is 2.63. The van der Waals surface area contributed by atoms with Crippen LogP contribution in [0, 0.1) is 5.92 Å². The Hall–Kier alpha value is -1.75. The van der Waals surface area contributed by atoms with Gasteiger partial charge in [0.2, 0.25) is 0 Å². The number of fused-ring (bicyclic) bond motifs is 1. The summed E-state index contributed by atoms with van der Waals surface area (Å²) in [5, 5.41) is 9.74. The van der Waals surface area contributed by atoms with Gasteiger partial charge >= 0.3 is 0 Å². The number of hydrogen-bond donors (Lipinski definition) is 1. The van der Waals surface area contributed by atoms with Gasteiger partial charge in [-0.25, -0.2) is 9.97 Å². The van der Waals surface area contributed by atoms with Gasteiger partial charge in [0.05, 0.1) is 6.10 Å². The first-order chi connectivity index (χ1) is 9.24. The minimum Gasteiger partial charge on any atom is -0.393 e. The second-order valence-corrected chi connectivity index (χ2v) is 5.16. The topological polar surface area (TPSA) is 62.1 Å². The number of hydrogen-bond acceptors (Lipinski definition) is 5. The Morgan fingerprint density at radius 2 is 2.16 bits per heavy atom. The number of aliphatic hydroxyl groups is 1. The monoisotopic (exact) mass is 258 g/mol. The van der Waals surface area contributed by atoms with E-state index >= 15 is 0 Å². The molecule has 1 aliphatic heterocycles. The number of rotatable bonds is 2. The normalized spacial score (nSPS) is 21.6. The van der Waals surface area contributed by atoms with Gasteiger partial charge in [-0.3, -0.25) is 4.98 Å². The molecule has 100 valence electrons. The molecule has 0 aromatic carbocycles. The van der Waals surface area contributed by atoms with E-state index in [0.29, 0.717) is 11.6 Å². The Morgan fingerprint density at radius 3 is 3.00 bits per heavy atom. The van der Waals surface area contributed by atoms with E-state index < -0.39 is 0 Å². The summed E-state index contributed by atoms with van der Waals surface area (Å²) >= 11 is 0. The Bertz CT molecular complexity index is 572. The van der Waals surface area contributed by atoms with Gasteiger partial charge in [-0.05, 0) is 31.9 Å². The first kappa shape index (κ1) is 12.3. The van der Waals surface area contributed by atoms with Crippen LogP contribution < -0.4 is 4.90 Å². The van der Waals surface area contributed by atoms with Crippen LogP contribution in [0.2, 0.25) is 0 Å². The van der Waals surface area contributed by atoms with Crippen LogP contribution in [0.25, 0.3) is 11.2 Å². The molecule has 0 radical (unpaired) electrons. The van der Waals surface area contributed by atoms with Crippen molar-refractivity contribution in [2.75, 3.05) is 18.0 Å². The Morgan fingerprint density at radius 1 is 1.32 bits per heavy atom. The van der Waals surface area contributed by atoms with E-state index in [1.165, 1.54) is 0 Å². The molecule has 0 amide bonds. The minimum absolute atomic E-state index is 0.261. The van der Waals surface area contributed by atoms with Gasteiger partial charge in [0, 0.05) is 31.4 Å². The Balaban J connectivity index is 1.87. The fraction of sp³-hybridized carbons (Fsp3) is 0.500. The quantitative estimate of drug-likeness (QED) is 0.887. The van der Waals surface area contributed by atoms with E-state index in [9.17, 15) is 5.11 Å². The molecule has 19 heavy (non-hydrogen) atoms. The summed E-state index contributed by atoms with van der Waals surface area (Å²) in [7, 11) is 0. The number of aromatic nitrogens is 3. The summed E-state index contributed by atoms with van der Waals surface area (Å²) in [6.07, 6.45) is 5.25. The maximum Gasteiger partial charge on any atom is 0.180 e. The summed E-state index contributed by atoms with van der Waals surface area (Å²) < 4.78 is 0. The molecule has 1 N–H and O–H groups in total. The standard InChI is InChI=1S/C14H18N4O/c1-10(19)11-3-2-8-18(9-11)13-5-4-12-14(17-13)16-7-6-15-12/h4-7,10-11,19H,2-3,8-9H2,1H3. The highest BCUT2D eigenvalue weighted by Gasteiger charge is 2.24. The lowest BCUT2D eigenvalue weighted by Gasteiger charge is -2.34. The van der Waals surface area contributed by atoms with E-state index in [1.54, 1.807) is 12.4 Å². The minimum atomic E-state index is -0.261. The zero-order valence-electron chi connectivity index (χ0n) is 11.0. The van der Waals surface area contributed by atoms with E-state index in [-0.39, 0.29) is 6.10 Å².